The molecule has 1 saturated heterocycles. The molecule has 27 heavy (non-hydrogen) atoms. The predicted molar refractivity (Wildman–Crippen MR) is 110 cm³/mol. The zero-order chi connectivity index (χ0) is 20.1. The molecule has 1 rings (SSSR count). The van der Waals surface area contributed by atoms with Crippen LogP contribution in [-0.2, 0) is 14.3 Å². The molecule has 2 amide bonds. The highest BCUT2D eigenvalue weighted by molar-refractivity contribution is 5.80. The van der Waals surface area contributed by atoms with Gasteiger partial charge in [0.05, 0.1) is 13.2 Å². The van der Waals surface area contributed by atoms with Crippen LogP contribution in [0.5, 0.6) is 0 Å². The summed E-state index contributed by atoms with van der Waals surface area (Å²) in [5, 5.41) is 3.00. The van der Waals surface area contributed by atoms with Gasteiger partial charge in [-0.1, -0.05) is 33.6 Å². The highest BCUT2D eigenvalue weighted by atomic mass is 16.5. The van der Waals surface area contributed by atoms with E-state index in [0.29, 0.717) is 19.5 Å². The van der Waals surface area contributed by atoms with Crippen LogP contribution in [0.25, 0.3) is 0 Å². The molecule has 1 N–H and O–H groups in total. The molecule has 0 bridgehead atoms. The molecule has 6 heteroatoms. The van der Waals surface area contributed by atoms with E-state index in [4.69, 9.17) is 4.74 Å². The smallest absolute Gasteiger partial charge is 0.225 e. The third-order valence-electron chi connectivity index (χ3n) is 5.59. The van der Waals surface area contributed by atoms with E-state index < -0.39 is 0 Å². The number of hydrogen-bond donors (Lipinski definition) is 1. The van der Waals surface area contributed by atoms with E-state index in [0.717, 1.165) is 65.0 Å². The number of amides is 2. The second-order valence-electron chi connectivity index (χ2n) is 7.59. The van der Waals surface area contributed by atoms with E-state index in [1.165, 1.54) is 0 Å². The van der Waals surface area contributed by atoms with Gasteiger partial charge in [0.15, 0.2) is 0 Å². The Hall–Kier alpha value is -1.14. The molecule has 0 saturated carbocycles. The monoisotopic (exact) mass is 383 g/mol. The number of carbonyl (C=O) groups excluding carboxylic acids is 2. The number of carbonyl (C=O) groups is 2. The molecule has 0 aromatic carbocycles. The third-order valence-corrected chi connectivity index (χ3v) is 5.59. The fourth-order valence-corrected chi connectivity index (χ4v) is 3.44. The minimum absolute atomic E-state index is 0.0333. The first-order valence-electron chi connectivity index (χ1n) is 10.9. The van der Waals surface area contributed by atoms with Crippen LogP contribution >= 0.6 is 0 Å². The van der Waals surface area contributed by atoms with Gasteiger partial charge >= 0.3 is 0 Å². The van der Waals surface area contributed by atoms with Crippen LogP contribution in [-0.4, -0.2) is 73.6 Å². The van der Waals surface area contributed by atoms with Crippen molar-refractivity contribution >= 4 is 11.8 Å². The summed E-state index contributed by atoms with van der Waals surface area (Å²) in [6, 6.07) is 0.175. The number of morpholine rings is 1. The van der Waals surface area contributed by atoms with Gasteiger partial charge in [0.25, 0.3) is 0 Å². The average Bonchev–Trinajstić information content (AvgIpc) is 2.69. The maximum absolute atomic E-state index is 13.0. The van der Waals surface area contributed by atoms with Crippen molar-refractivity contribution in [3.05, 3.63) is 0 Å². The van der Waals surface area contributed by atoms with Gasteiger partial charge < -0.3 is 15.0 Å². The second-order valence-corrected chi connectivity index (χ2v) is 7.59. The molecule has 1 heterocycles. The largest absolute Gasteiger partial charge is 0.379 e. The number of ether oxygens (including phenoxy) is 1. The zero-order valence-corrected chi connectivity index (χ0v) is 18.0. The molecule has 6 nitrogen and oxygen atoms in total. The molecule has 2 unspecified atom stereocenters. The summed E-state index contributed by atoms with van der Waals surface area (Å²) in [4.78, 5) is 29.5. The van der Waals surface area contributed by atoms with E-state index in [1.54, 1.807) is 0 Å². The van der Waals surface area contributed by atoms with Crippen LogP contribution in [0.15, 0.2) is 0 Å². The van der Waals surface area contributed by atoms with Crippen LogP contribution in [0.1, 0.15) is 66.2 Å². The van der Waals surface area contributed by atoms with Crippen molar-refractivity contribution < 1.29 is 14.3 Å². The summed E-state index contributed by atoms with van der Waals surface area (Å²) in [6.45, 7) is 13.9. The van der Waals surface area contributed by atoms with Crippen molar-refractivity contribution in [2.45, 2.75) is 72.3 Å². The Morgan fingerprint density at radius 3 is 2.44 bits per heavy atom. The lowest BCUT2D eigenvalue weighted by molar-refractivity contribution is -0.138. The second kappa shape index (κ2) is 13.9. The zero-order valence-electron chi connectivity index (χ0n) is 18.0. The number of nitrogens with zero attached hydrogens (tertiary/aromatic N) is 2. The molecule has 158 valence electrons. The fraction of sp³-hybridized carbons (Fsp3) is 0.905. The van der Waals surface area contributed by atoms with Crippen LogP contribution < -0.4 is 5.32 Å². The van der Waals surface area contributed by atoms with E-state index in [2.05, 4.69) is 37.9 Å². The Kier molecular flexibility index (Phi) is 12.3. The fourth-order valence-electron chi connectivity index (χ4n) is 3.44. The molecule has 0 spiro atoms. The van der Waals surface area contributed by atoms with Gasteiger partial charge in [0.2, 0.25) is 11.8 Å². The van der Waals surface area contributed by atoms with Crippen LogP contribution in [0.3, 0.4) is 0 Å². The number of hydrogen-bond acceptors (Lipinski definition) is 4. The van der Waals surface area contributed by atoms with Gasteiger partial charge in [-0.05, 0) is 26.2 Å². The van der Waals surface area contributed by atoms with Crippen LogP contribution in [0.4, 0.5) is 0 Å². The molecule has 0 radical (unpaired) electrons. The molecular weight excluding hydrogens is 342 g/mol. The highest BCUT2D eigenvalue weighted by Gasteiger charge is 2.26. The first-order valence-corrected chi connectivity index (χ1v) is 10.9. The molecule has 0 aromatic heterocycles. The number of nitrogens with one attached hydrogen (secondary N) is 1. The highest BCUT2D eigenvalue weighted by Crippen LogP contribution is 2.18. The van der Waals surface area contributed by atoms with Crippen molar-refractivity contribution in [1.82, 2.24) is 15.1 Å². The summed E-state index contributed by atoms with van der Waals surface area (Å²) in [6.07, 6.45) is 5.30. The first kappa shape index (κ1) is 23.9. The van der Waals surface area contributed by atoms with E-state index in [1.807, 2.05) is 4.90 Å². The lowest BCUT2D eigenvalue weighted by atomic mass is 9.96. The number of rotatable bonds is 13. The minimum atomic E-state index is 0.0333. The standard InChI is InChI=1S/C21H41N3O3/c1-5-8-9-19(7-3)21(26)24(18(4)6-2)12-10-20(25)22-11-13-23-14-16-27-17-15-23/h18-19H,5-17H2,1-4H3,(H,22,25). The van der Waals surface area contributed by atoms with Gasteiger partial charge in [0.1, 0.15) is 0 Å². The summed E-state index contributed by atoms with van der Waals surface area (Å²) < 4.78 is 5.33. The third kappa shape index (κ3) is 9.06. The molecule has 1 aliphatic rings. The summed E-state index contributed by atoms with van der Waals surface area (Å²) in [7, 11) is 0. The molecule has 2 atom stereocenters. The Labute approximate surface area is 166 Å². The number of unbranched alkanes of at least 4 members (excludes halogenated alkanes) is 1. The Balaban J connectivity index is 2.43. The van der Waals surface area contributed by atoms with E-state index >= 15 is 0 Å². The summed E-state index contributed by atoms with van der Waals surface area (Å²) in [5.41, 5.74) is 0. The quantitative estimate of drug-likeness (QED) is 0.531. The van der Waals surface area contributed by atoms with E-state index in [9.17, 15) is 9.59 Å². The molecule has 0 aliphatic carbocycles. The van der Waals surface area contributed by atoms with Crippen LogP contribution in [0, 0.1) is 5.92 Å². The predicted octanol–water partition coefficient (Wildman–Crippen LogP) is 2.67. The van der Waals surface area contributed by atoms with Crippen molar-refractivity contribution in [2.24, 2.45) is 5.92 Å². The van der Waals surface area contributed by atoms with E-state index in [-0.39, 0.29) is 23.8 Å². The van der Waals surface area contributed by atoms with Crippen molar-refractivity contribution in [3.63, 3.8) is 0 Å². The lowest BCUT2D eigenvalue weighted by Gasteiger charge is -2.32. The van der Waals surface area contributed by atoms with Crippen LogP contribution in [0.2, 0.25) is 0 Å². The maximum atomic E-state index is 13.0. The van der Waals surface area contributed by atoms with Gasteiger partial charge in [-0.15, -0.1) is 0 Å². The average molecular weight is 384 g/mol. The Bertz CT molecular complexity index is 425. The first-order chi connectivity index (χ1) is 13.0. The molecule has 0 aromatic rings. The van der Waals surface area contributed by atoms with Crippen molar-refractivity contribution in [3.8, 4) is 0 Å². The normalized spacial score (nSPS) is 17.3. The van der Waals surface area contributed by atoms with Crippen molar-refractivity contribution in [1.29, 1.82) is 0 Å². The Morgan fingerprint density at radius 1 is 1.15 bits per heavy atom. The van der Waals surface area contributed by atoms with Gasteiger partial charge in [0, 0.05) is 51.1 Å². The molecular formula is C21H41N3O3. The summed E-state index contributed by atoms with van der Waals surface area (Å²) >= 11 is 0. The maximum Gasteiger partial charge on any atom is 0.225 e. The Morgan fingerprint density at radius 2 is 1.85 bits per heavy atom. The summed E-state index contributed by atoms with van der Waals surface area (Å²) in [5.74, 6) is 0.343. The lowest BCUT2D eigenvalue weighted by Crippen LogP contribution is -2.44. The van der Waals surface area contributed by atoms with Gasteiger partial charge in [-0.3, -0.25) is 14.5 Å². The SMILES string of the molecule is CCCCC(CC)C(=O)N(CCC(=O)NCCN1CCOCC1)C(C)CC. The molecule has 1 fully saturated rings. The minimum Gasteiger partial charge on any atom is -0.379 e. The molecule has 1 aliphatic heterocycles. The van der Waals surface area contributed by atoms with Crippen molar-refractivity contribution in [2.75, 3.05) is 45.9 Å². The van der Waals surface area contributed by atoms with Gasteiger partial charge in [-0.2, -0.15) is 0 Å². The topological polar surface area (TPSA) is 61.9 Å². The van der Waals surface area contributed by atoms with Gasteiger partial charge in [-0.25, -0.2) is 0 Å².